The van der Waals surface area contributed by atoms with Gasteiger partial charge in [0.05, 0.1) is 0 Å². The van der Waals surface area contributed by atoms with Crippen LogP contribution in [0.5, 0.6) is 0 Å². The molecule has 0 atom stereocenters. The van der Waals surface area contributed by atoms with Crippen LogP contribution < -0.4 is 5.32 Å². The van der Waals surface area contributed by atoms with Crippen molar-refractivity contribution in [3.8, 4) is 0 Å². The first-order valence-electron chi connectivity index (χ1n) is 7.76. The summed E-state index contributed by atoms with van der Waals surface area (Å²) < 4.78 is 0. The van der Waals surface area contributed by atoms with Crippen LogP contribution in [-0.4, -0.2) is 12.2 Å². The second-order valence-electron chi connectivity index (χ2n) is 7.14. The van der Waals surface area contributed by atoms with Crippen molar-refractivity contribution in [2.45, 2.75) is 46.5 Å². The summed E-state index contributed by atoms with van der Waals surface area (Å²) >= 11 is 0. The topological polar surface area (TPSA) is 46.2 Å². The molecule has 114 valence electrons. The maximum absolute atomic E-state index is 12.3. The molecule has 0 bridgehead atoms. The van der Waals surface area contributed by atoms with E-state index in [4.69, 9.17) is 0 Å². The average Bonchev–Trinajstić information content (AvgIpc) is 2.47. The van der Waals surface area contributed by atoms with Crippen molar-refractivity contribution in [2.75, 3.05) is 5.32 Å². The molecule has 0 aliphatic heterocycles. The van der Waals surface area contributed by atoms with Gasteiger partial charge in [0, 0.05) is 17.2 Å². The first-order valence-corrected chi connectivity index (χ1v) is 7.76. The van der Waals surface area contributed by atoms with Crippen molar-refractivity contribution in [3.63, 3.8) is 0 Å². The number of nitrogens with one attached hydrogen (secondary N) is 1. The number of rotatable bonds is 3. The number of hydrogen-bond acceptors (Lipinski definition) is 2. The summed E-state index contributed by atoms with van der Waals surface area (Å²) in [5, 5.41) is 2.96. The lowest BCUT2D eigenvalue weighted by Crippen LogP contribution is -2.31. The number of amides is 1. The van der Waals surface area contributed by atoms with Crippen LogP contribution in [0.25, 0.3) is 0 Å². The average molecular weight is 287 g/mol. The van der Waals surface area contributed by atoms with E-state index in [1.54, 1.807) is 24.3 Å². The first kappa shape index (κ1) is 15.7. The lowest BCUT2D eigenvalue weighted by molar-refractivity contribution is -0.121. The van der Waals surface area contributed by atoms with E-state index in [0.29, 0.717) is 16.9 Å². The van der Waals surface area contributed by atoms with Crippen molar-refractivity contribution >= 4 is 17.9 Å². The molecule has 1 aliphatic rings. The van der Waals surface area contributed by atoms with Gasteiger partial charge >= 0.3 is 0 Å². The molecule has 1 aromatic carbocycles. The first-order chi connectivity index (χ1) is 9.90. The van der Waals surface area contributed by atoms with Gasteiger partial charge in [-0.3, -0.25) is 9.59 Å². The molecule has 0 unspecified atom stereocenters. The molecule has 1 aromatic rings. The second kappa shape index (κ2) is 6.42. The van der Waals surface area contributed by atoms with Crippen LogP contribution in [0, 0.1) is 17.3 Å². The van der Waals surface area contributed by atoms with Crippen molar-refractivity contribution in [3.05, 3.63) is 29.8 Å². The Morgan fingerprint density at radius 3 is 2.14 bits per heavy atom. The van der Waals surface area contributed by atoms with E-state index in [1.807, 2.05) is 0 Å². The highest BCUT2D eigenvalue weighted by Crippen LogP contribution is 2.40. The minimum absolute atomic E-state index is 0.112. The van der Waals surface area contributed by atoms with Crippen LogP contribution in [-0.2, 0) is 4.79 Å². The van der Waals surface area contributed by atoms with Crippen molar-refractivity contribution in [1.29, 1.82) is 0 Å². The van der Waals surface area contributed by atoms with Gasteiger partial charge in [-0.2, -0.15) is 0 Å². The molecule has 0 radical (unpaired) electrons. The zero-order valence-corrected chi connectivity index (χ0v) is 13.2. The van der Waals surface area contributed by atoms with E-state index in [0.717, 1.165) is 37.7 Å². The molecule has 0 heterocycles. The Morgan fingerprint density at radius 2 is 1.67 bits per heavy atom. The van der Waals surface area contributed by atoms with Crippen LogP contribution >= 0.6 is 0 Å². The Kier molecular flexibility index (Phi) is 4.81. The minimum Gasteiger partial charge on any atom is -0.326 e. The van der Waals surface area contributed by atoms with E-state index in [2.05, 4.69) is 26.1 Å². The normalized spacial score (nSPS) is 22.6. The predicted molar refractivity (Wildman–Crippen MR) is 85.4 cm³/mol. The fourth-order valence-electron chi connectivity index (χ4n) is 3.11. The fourth-order valence-corrected chi connectivity index (χ4v) is 3.11. The summed E-state index contributed by atoms with van der Waals surface area (Å²) in [6, 6.07) is 7.00. The Labute approximate surface area is 127 Å². The minimum atomic E-state index is 0.112. The molecular weight excluding hydrogens is 262 g/mol. The monoisotopic (exact) mass is 287 g/mol. The molecule has 1 fully saturated rings. The highest BCUT2D eigenvalue weighted by atomic mass is 16.1. The molecular formula is C18H25NO2. The standard InChI is InChI=1S/C18H25NO2/c1-18(2,3)15-8-6-14(7-9-15)17(21)19-16-10-4-13(12-20)5-11-16/h4-5,10-12,14-15H,6-9H2,1-3H3,(H,19,21). The van der Waals surface area contributed by atoms with Crippen molar-refractivity contribution < 1.29 is 9.59 Å². The molecule has 3 nitrogen and oxygen atoms in total. The Balaban J connectivity index is 1.88. The van der Waals surface area contributed by atoms with Gasteiger partial charge in [-0.1, -0.05) is 20.8 Å². The molecule has 2 rings (SSSR count). The summed E-state index contributed by atoms with van der Waals surface area (Å²) in [6.45, 7) is 6.85. The van der Waals surface area contributed by atoms with Gasteiger partial charge < -0.3 is 5.32 Å². The van der Waals surface area contributed by atoms with Gasteiger partial charge in [0.1, 0.15) is 6.29 Å². The maximum atomic E-state index is 12.3. The van der Waals surface area contributed by atoms with Gasteiger partial charge in [0.2, 0.25) is 5.91 Å². The Morgan fingerprint density at radius 1 is 1.10 bits per heavy atom. The van der Waals surface area contributed by atoms with Gasteiger partial charge in [-0.05, 0) is 61.3 Å². The molecule has 3 heteroatoms. The van der Waals surface area contributed by atoms with E-state index < -0.39 is 0 Å². The van der Waals surface area contributed by atoms with E-state index in [-0.39, 0.29) is 11.8 Å². The van der Waals surface area contributed by atoms with Gasteiger partial charge in [-0.25, -0.2) is 0 Å². The Bertz CT molecular complexity index is 491. The summed E-state index contributed by atoms with van der Waals surface area (Å²) in [7, 11) is 0. The number of anilines is 1. The zero-order valence-electron chi connectivity index (χ0n) is 13.2. The summed E-state index contributed by atoms with van der Waals surface area (Å²) in [6.07, 6.45) is 5.01. The fraction of sp³-hybridized carbons (Fsp3) is 0.556. The van der Waals surface area contributed by atoms with E-state index in [1.165, 1.54) is 0 Å². The second-order valence-corrected chi connectivity index (χ2v) is 7.14. The highest BCUT2D eigenvalue weighted by Gasteiger charge is 2.32. The third-order valence-corrected chi connectivity index (χ3v) is 4.64. The SMILES string of the molecule is CC(C)(C)C1CCC(C(=O)Nc2ccc(C=O)cc2)CC1. The smallest absolute Gasteiger partial charge is 0.227 e. The number of carbonyl (C=O) groups is 2. The number of hydrogen-bond donors (Lipinski definition) is 1. The highest BCUT2D eigenvalue weighted by molar-refractivity contribution is 5.92. The lowest BCUT2D eigenvalue weighted by atomic mass is 9.69. The quantitative estimate of drug-likeness (QED) is 0.843. The van der Waals surface area contributed by atoms with Crippen molar-refractivity contribution in [2.24, 2.45) is 17.3 Å². The predicted octanol–water partition coefficient (Wildman–Crippen LogP) is 4.29. The molecule has 1 aliphatic carbocycles. The number of carbonyl (C=O) groups excluding carboxylic acids is 2. The van der Waals surface area contributed by atoms with Crippen LogP contribution in [0.3, 0.4) is 0 Å². The third-order valence-electron chi connectivity index (χ3n) is 4.64. The molecule has 0 saturated heterocycles. The summed E-state index contributed by atoms with van der Waals surface area (Å²) in [5.74, 6) is 0.948. The van der Waals surface area contributed by atoms with Gasteiger partial charge in [0.15, 0.2) is 0 Å². The molecule has 1 N–H and O–H groups in total. The molecule has 1 saturated carbocycles. The largest absolute Gasteiger partial charge is 0.326 e. The zero-order chi connectivity index (χ0) is 15.5. The van der Waals surface area contributed by atoms with Crippen LogP contribution in [0.1, 0.15) is 56.8 Å². The van der Waals surface area contributed by atoms with Gasteiger partial charge in [0.25, 0.3) is 0 Å². The van der Waals surface area contributed by atoms with Gasteiger partial charge in [-0.15, -0.1) is 0 Å². The molecule has 0 aromatic heterocycles. The van der Waals surface area contributed by atoms with E-state index >= 15 is 0 Å². The number of benzene rings is 1. The molecule has 21 heavy (non-hydrogen) atoms. The third kappa shape index (κ3) is 4.16. The van der Waals surface area contributed by atoms with Crippen LogP contribution in [0.2, 0.25) is 0 Å². The van der Waals surface area contributed by atoms with Crippen molar-refractivity contribution in [1.82, 2.24) is 0 Å². The molecule has 0 spiro atoms. The summed E-state index contributed by atoms with van der Waals surface area (Å²) in [4.78, 5) is 22.9. The molecule has 1 amide bonds. The summed E-state index contributed by atoms with van der Waals surface area (Å²) in [5.41, 5.74) is 1.73. The lowest BCUT2D eigenvalue weighted by Gasteiger charge is -2.36. The van der Waals surface area contributed by atoms with E-state index in [9.17, 15) is 9.59 Å². The Hall–Kier alpha value is -1.64. The maximum Gasteiger partial charge on any atom is 0.227 e. The number of aldehydes is 1. The van der Waals surface area contributed by atoms with Crippen LogP contribution in [0.4, 0.5) is 5.69 Å². The van der Waals surface area contributed by atoms with Crippen LogP contribution in [0.15, 0.2) is 24.3 Å².